The molecule has 3 aromatic rings. The number of methoxy groups -OCH3 is 2. The van der Waals surface area contributed by atoms with E-state index >= 15 is 0 Å². The van der Waals surface area contributed by atoms with Gasteiger partial charge in [-0.1, -0.05) is 23.4 Å². The van der Waals surface area contributed by atoms with Gasteiger partial charge >= 0.3 is 0 Å². The number of aromatic nitrogens is 3. The fourth-order valence-electron chi connectivity index (χ4n) is 2.62. The van der Waals surface area contributed by atoms with Crippen molar-refractivity contribution in [2.75, 3.05) is 20.0 Å². The molecular weight excluding hydrogens is 365 g/mol. The van der Waals surface area contributed by atoms with E-state index in [0.29, 0.717) is 11.5 Å². The number of carbonyl (C=O) groups excluding carboxylic acids is 1. The van der Waals surface area contributed by atoms with Crippen molar-refractivity contribution in [2.24, 2.45) is 0 Å². The number of benzene rings is 2. The van der Waals surface area contributed by atoms with E-state index in [1.165, 1.54) is 16.8 Å². The highest BCUT2D eigenvalue weighted by molar-refractivity contribution is 5.96. The van der Waals surface area contributed by atoms with Gasteiger partial charge in [-0.3, -0.25) is 4.79 Å². The summed E-state index contributed by atoms with van der Waals surface area (Å²) in [5.74, 6) is 0.530. The van der Waals surface area contributed by atoms with E-state index in [1.54, 1.807) is 38.5 Å². The van der Waals surface area contributed by atoms with Crippen molar-refractivity contribution < 1.29 is 18.7 Å². The van der Waals surface area contributed by atoms with Gasteiger partial charge in [-0.25, -0.2) is 9.07 Å². The Bertz CT molecular complexity index is 972. The van der Waals surface area contributed by atoms with Gasteiger partial charge in [0.05, 0.1) is 20.8 Å². The third kappa shape index (κ3) is 4.20. The summed E-state index contributed by atoms with van der Waals surface area (Å²) in [7, 11) is 3.09. The van der Waals surface area contributed by atoms with Crippen molar-refractivity contribution in [1.29, 1.82) is 0 Å². The number of nitrogens with two attached hydrogens (primary N) is 1. The molecule has 146 valence electrons. The summed E-state index contributed by atoms with van der Waals surface area (Å²) in [5.41, 5.74) is 7.64. The number of rotatable bonds is 7. The van der Waals surface area contributed by atoms with Crippen LogP contribution in [-0.2, 0) is 13.1 Å². The summed E-state index contributed by atoms with van der Waals surface area (Å²) in [5, 5.41) is 10.5. The molecule has 0 aliphatic rings. The minimum absolute atomic E-state index is 0.0302. The van der Waals surface area contributed by atoms with Gasteiger partial charge in [0.15, 0.2) is 23.0 Å². The number of carbonyl (C=O) groups is 1. The van der Waals surface area contributed by atoms with Gasteiger partial charge in [0.25, 0.3) is 5.91 Å². The smallest absolute Gasteiger partial charge is 0.275 e. The maximum Gasteiger partial charge on any atom is 0.275 e. The quantitative estimate of drug-likeness (QED) is 0.645. The van der Waals surface area contributed by atoms with Crippen molar-refractivity contribution in [1.82, 2.24) is 20.3 Å². The maximum absolute atomic E-state index is 13.0. The number of nitrogen functional groups attached to an aromatic ring is 1. The van der Waals surface area contributed by atoms with E-state index in [-0.39, 0.29) is 30.4 Å². The standard InChI is InChI=1S/C19H20FN5O3/c1-27-15-8-5-13(9-16(15)28-2)10-22-19(26)17-18(21)25(24-23-17)11-12-3-6-14(20)7-4-12/h3-9H,10-11,21H2,1-2H3,(H,22,26). The number of hydrogen-bond donors (Lipinski definition) is 2. The molecule has 8 nitrogen and oxygen atoms in total. The summed E-state index contributed by atoms with van der Waals surface area (Å²) in [6.07, 6.45) is 0. The van der Waals surface area contributed by atoms with Crippen LogP contribution in [0.4, 0.5) is 10.2 Å². The number of ether oxygens (including phenoxy) is 2. The van der Waals surface area contributed by atoms with Crippen molar-refractivity contribution >= 4 is 11.7 Å². The van der Waals surface area contributed by atoms with Crippen molar-refractivity contribution in [3.05, 3.63) is 65.1 Å². The Kier molecular flexibility index (Phi) is 5.73. The fraction of sp³-hybridized carbons (Fsp3) is 0.211. The zero-order valence-corrected chi connectivity index (χ0v) is 15.5. The third-order valence-corrected chi connectivity index (χ3v) is 4.14. The summed E-state index contributed by atoms with van der Waals surface area (Å²) < 4.78 is 24.8. The molecule has 0 saturated carbocycles. The molecule has 0 aliphatic carbocycles. The third-order valence-electron chi connectivity index (χ3n) is 4.14. The molecule has 0 bridgehead atoms. The van der Waals surface area contributed by atoms with E-state index in [2.05, 4.69) is 15.6 Å². The Morgan fingerprint density at radius 3 is 2.46 bits per heavy atom. The molecule has 2 aromatic carbocycles. The second kappa shape index (κ2) is 8.38. The normalized spacial score (nSPS) is 10.5. The Morgan fingerprint density at radius 2 is 1.79 bits per heavy atom. The van der Waals surface area contributed by atoms with Crippen molar-refractivity contribution in [3.8, 4) is 11.5 Å². The van der Waals surface area contributed by atoms with E-state index in [1.807, 2.05) is 6.07 Å². The van der Waals surface area contributed by atoms with Crippen LogP contribution in [0.25, 0.3) is 0 Å². The number of halogens is 1. The molecular formula is C19H20FN5O3. The molecule has 0 unspecified atom stereocenters. The first-order valence-corrected chi connectivity index (χ1v) is 8.44. The Hall–Kier alpha value is -3.62. The Morgan fingerprint density at radius 1 is 1.11 bits per heavy atom. The van der Waals surface area contributed by atoms with Crippen LogP contribution in [-0.4, -0.2) is 35.1 Å². The molecule has 0 atom stereocenters. The molecule has 0 fully saturated rings. The summed E-state index contributed by atoms with van der Waals surface area (Å²) >= 11 is 0. The molecule has 1 heterocycles. The van der Waals surface area contributed by atoms with Crippen molar-refractivity contribution in [2.45, 2.75) is 13.1 Å². The first-order chi connectivity index (χ1) is 13.5. The minimum atomic E-state index is -0.447. The highest BCUT2D eigenvalue weighted by Gasteiger charge is 2.17. The minimum Gasteiger partial charge on any atom is -0.493 e. The first kappa shape index (κ1) is 19.2. The van der Waals surface area contributed by atoms with E-state index in [4.69, 9.17) is 15.2 Å². The molecule has 3 N–H and O–H groups in total. The Balaban J connectivity index is 1.66. The van der Waals surface area contributed by atoms with Crippen LogP contribution in [0.5, 0.6) is 11.5 Å². The molecule has 3 rings (SSSR count). The molecule has 0 spiro atoms. The number of hydrogen-bond acceptors (Lipinski definition) is 6. The summed E-state index contributed by atoms with van der Waals surface area (Å²) in [6.45, 7) is 0.533. The molecule has 9 heteroatoms. The van der Waals surface area contributed by atoms with Gasteiger partial charge < -0.3 is 20.5 Å². The van der Waals surface area contributed by atoms with Gasteiger partial charge in [-0.15, -0.1) is 5.10 Å². The summed E-state index contributed by atoms with van der Waals surface area (Å²) in [6, 6.07) is 11.3. The summed E-state index contributed by atoms with van der Waals surface area (Å²) in [4.78, 5) is 12.4. The number of amides is 1. The van der Waals surface area contributed by atoms with Crippen LogP contribution in [0.1, 0.15) is 21.6 Å². The van der Waals surface area contributed by atoms with Gasteiger partial charge in [-0.2, -0.15) is 0 Å². The molecule has 0 aliphatic heterocycles. The van der Waals surface area contributed by atoms with Crippen molar-refractivity contribution in [3.63, 3.8) is 0 Å². The maximum atomic E-state index is 13.0. The van der Waals surface area contributed by atoms with Gasteiger partial charge in [0.1, 0.15) is 5.82 Å². The fourth-order valence-corrected chi connectivity index (χ4v) is 2.62. The average Bonchev–Trinajstić information content (AvgIpc) is 3.07. The lowest BCUT2D eigenvalue weighted by atomic mass is 10.2. The van der Waals surface area contributed by atoms with Gasteiger partial charge in [0.2, 0.25) is 0 Å². The van der Waals surface area contributed by atoms with Crippen LogP contribution >= 0.6 is 0 Å². The topological polar surface area (TPSA) is 104 Å². The van der Waals surface area contributed by atoms with Crippen LogP contribution in [0.3, 0.4) is 0 Å². The lowest BCUT2D eigenvalue weighted by molar-refractivity contribution is 0.0946. The molecule has 0 radical (unpaired) electrons. The SMILES string of the molecule is COc1ccc(CNC(=O)c2nnn(Cc3ccc(F)cc3)c2N)cc1OC. The zero-order valence-electron chi connectivity index (χ0n) is 15.5. The lowest BCUT2D eigenvalue weighted by Gasteiger charge is -2.10. The molecule has 1 amide bonds. The second-order valence-electron chi connectivity index (χ2n) is 5.98. The average molecular weight is 385 g/mol. The predicted molar refractivity (Wildman–Crippen MR) is 101 cm³/mol. The number of nitrogens with one attached hydrogen (secondary N) is 1. The highest BCUT2D eigenvalue weighted by Crippen LogP contribution is 2.27. The Labute approximate surface area is 161 Å². The van der Waals surface area contributed by atoms with Gasteiger partial charge in [-0.05, 0) is 35.4 Å². The molecule has 1 aromatic heterocycles. The largest absolute Gasteiger partial charge is 0.493 e. The first-order valence-electron chi connectivity index (χ1n) is 8.44. The van der Waals surface area contributed by atoms with E-state index < -0.39 is 5.91 Å². The number of anilines is 1. The van der Waals surface area contributed by atoms with E-state index in [9.17, 15) is 9.18 Å². The van der Waals surface area contributed by atoms with Crippen LogP contribution in [0.2, 0.25) is 0 Å². The molecule has 28 heavy (non-hydrogen) atoms. The van der Waals surface area contributed by atoms with Gasteiger partial charge in [0, 0.05) is 6.54 Å². The number of nitrogens with zero attached hydrogens (tertiary/aromatic N) is 3. The lowest BCUT2D eigenvalue weighted by Crippen LogP contribution is -2.24. The van der Waals surface area contributed by atoms with Crippen LogP contribution in [0, 0.1) is 5.82 Å². The van der Waals surface area contributed by atoms with Crippen LogP contribution in [0.15, 0.2) is 42.5 Å². The predicted octanol–water partition coefficient (Wildman–Crippen LogP) is 1.99. The monoisotopic (exact) mass is 385 g/mol. The highest BCUT2D eigenvalue weighted by atomic mass is 19.1. The zero-order chi connectivity index (χ0) is 20.1. The van der Waals surface area contributed by atoms with Crippen LogP contribution < -0.4 is 20.5 Å². The molecule has 0 saturated heterocycles. The van der Waals surface area contributed by atoms with E-state index in [0.717, 1.165) is 11.1 Å². The second-order valence-corrected chi connectivity index (χ2v) is 5.98.